The van der Waals surface area contributed by atoms with E-state index in [9.17, 15) is 9.59 Å². The molecule has 28 heavy (non-hydrogen) atoms. The lowest BCUT2D eigenvalue weighted by atomic mass is 10.2. The number of hydrogen-bond donors (Lipinski definition) is 2. The largest absolute Gasteiger partial charge is 0.378 e. The van der Waals surface area contributed by atoms with Gasteiger partial charge in [0, 0.05) is 29.4 Å². The molecule has 0 unspecified atom stereocenters. The van der Waals surface area contributed by atoms with Crippen molar-refractivity contribution in [3.8, 4) is 0 Å². The second kappa shape index (κ2) is 8.38. The van der Waals surface area contributed by atoms with E-state index >= 15 is 0 Å². The number of thioether (sulfide) groups is 1. The third-order valence-electron chi connectivity index (χ3n) is 4.52. The Bertz CT molecular complexity index is 887. The van der Waals surface area contributed by atoms with Crippen LogP contribution < -0.4 is 15.5 Å². The molecule has 1 aromatic carbocycles. The highest BCUT2D eigenvalue weighted by Crippen LogP contribution is 2.38. The molecule has 2 aliphatic heterocycles. The Labute approximate surface area is 171 Å². The summed E-state index contributed by atoms with van der Waals surface area (Å²) in [4.78, 5) is 32.1. The highest BCUT2D eigenvalue weighted by atomic mass is 35.5. The summed E-state index contributed by atoms with van der Waals surface area (Å²) in [6.45, 7) is 3.06. The topological polar surface area (TPSA) is 83.6 Å². The Hall–Kier alpha value is -2.29. The van der Waals surface area contributed by atoms with Gasteiger partial charge in [-0.25, -0.2) is 4.98 Å². The normalized spacial score (nSPS) is 19.0. The average molecular weight is 419 g/mol. The van der Waals surface area contributed by atoms with Crippen molar-refractivity contribution in [1.82, 2.24) is 4.98 Å². The van der Waals surface area contributed by atoms with Crippen molar-refractivity contribution >= 4 is 52.4 Å². The fourth-order valence-electron chi connectivity index (χ4n) is 3.09. The van der Waals surface area contributed by atoms with E-state index in [2.05, 4.69) is 20.5 Å². The number of amides is 2. The number of halogens is 1. The van der Waals surface area contributed by atoms with Gasteiger partial charge in [-0.2, -0.15) is 0 Å². The Morgan fingerprint density at radius 3 is 2.89 bits per heavy atom. The monoisotopic (exact) mass is 418 g/mol. The van der Waals surface area contributed by atoms with Crippen LogP contribution in [0.4, 0.5) is 17.2 Å². The third-order valence-corrected chi connectivity index (χ3v) is 6.03. The van der Waals surface area contributed by atoms with Gasteiger partial charge < -0.3 is 20.3 Å². The van der Waals surface area contributed by atoms with Crippen LogP contribution in [0.5, 0.6) is 0 Å². The maximum atomic E-state index is 12.4. The van der Waals surface area contributed by atoms with E-state index in [0.717, 1.165) is 23.7 Å². The first-order chi connectivity index (χ1) is 13.6. The molecule has 1 saturated heterocycles. The number of nitrogens with zero attached hydrogens (tertiary/aromatic N) is 2. The van der Waals surface area contributed by atoms with E-state index < -0.39 is 5.25 Å². The van der Waals surface area contributed by atoms with Crippen molar-refractivity contribution < 1.29 is 14.3 Å². The van der Waals surface area contributed by atoms with Gasteiger partial charge in [-0.3, -0.25) is 9.59 Å². The number of aromatic nitrogens is 1. The summed E-state index contributed by atoms with van der Waals surface area (Å²) >= 11 is 7.32. The fraction of sp³-hybridized carbons (Fsp3) is 0.316. The number of rotatable bonds is 4. The lowest BCUT2D eigenvalue weighted by Crippen LogP contribution is -2.36. The molecule has 4 rings (SSSR count). The van der Waals surface area contributed by atoms with Crippen LogP contribution >= 0.6 is 23.4 Å². The lowest BCUT2D eigenvalue weighted by molar-refractivity contribution is -0.120. The van der Waals surface area contributed by atoms with Gasteiger partial charge in [0.25, 0.3) is 0 Å². The van der Waals surface area contributed by atoms with Crippen LogP contribution in [-0.4, -0.2) is 48.4 Å². The quantitative estimate of drug-likeness (QED) is 0.794. The lowest BCUT2D eigenvalue weighted by Gasteiger charge is -2.28. The van der Waals surface area contributed by atoms with Crippen molar-refractivity contribution in [1.29, 1.82) is 0 Å². The smallest absolute Gasteiger partial charge is 0.238 e. The summed E-state index contributed by atoms with van der Waals surface area (Å²) in [6.07, 6.45) is 1.80. The molecule has 1 atom stereocenters. The Morgan fingerprint density at radius 2 is 2.14 bits per heavy atom. The van der Waals surface area contributed by atoms with Crippen LogP contribution in [0, 0.1) is 0 Å². The molecule has 1 aromatic heterocycles. The summed E-state index contributed by atoms with van der Waals surface area (Å²) in [5, 5.41) is 5.63. The first kappa shape index (κ1) is 19.0. The molecule has 0 radical (unpaired) electrons. The Morgan fingerprint density at radius 1 is 1.32 bits per heavy atom. The highest BCUT2D eigenvalue weighted by Gasteiger charge is 2.29. The van der Waals surface area contributed by atoms with Crippen LogP contribution in [-0.2, 0) is 14.3 Å². The number of pyridine rings is 1. The summed E-state index contributed by atoms with van der Waals surface area (Å²) in [5.41, 5.74) is 1.68. The van der Waals surface area contributed by atoms with E-state index in [1.807, 2.05) is 12.1 Å². The minimum absolute atomic E-state index is 0.0610. The minimum Gasteiger partial charge on any atom is -0.378 e. The number of carbonyl (C=O) groups is 2. The molecular formula is C19H19ClN4O3S. The Balaban J connectivity index is 1.35. The van der Waals surface area contributed by atoms with Gasteiger partial charge in [0.1, 0.15) is 5.82 Å². The van der Waals surface area contributed by atoms with E-state index in [0.29, 0.717) is 29.7 Å². The molecule has 9 heteroatoms. The zero-order chi connectivity index (χ0) is 19.5. The molecule has 2 aliphatic rings. The van der Waals surface area contributed by atoms with Crippen molar-refractivity contribution in [3.05, 3.63) is 41.6 Å². The number of hydrogen-bond acceptors (Lipinski definition) is 6. The predicted molar refractivity (Wildman–Crippen MR) is 110 cm³/mol. The summed E-state index contributed by atoms with van der Waals surface area (Å²) in [5.74, 6) is 0.0117. The second-order valence-electron chi connectivity index (χ2n) is 6.49. The van der Waals surface area contributed by atoms with E-state index in [1.54, 1.807) is 24.4 Å². The van der Waals surface area contributed by atoms with Crippen molar-refractivity contribution in [3.63, 3.8) is 0 Å². The van der Waals surface area contributed by atoms with Gasteiger partial charge in [-0.1, -0.05) is 11.6 Å². The molecule has 0 aliphatic carbocycles. The molecule has 146 valence electrons. The fourth-order valence-corrected chi connectivity index (χ4v) is 4.35. The van der Waals surface area contributed by atoms with E-state index in [-0.39, 0.29) is 18.2 Å². The van der Waals surface area contributed by atoms with Crippen LogP contribution in [0.25, 0.3) is 0 Å². The van der Waals surface area contributed by atoms with Gasteiger partial charge in [-0.15, -0.1) is 11.8 Å². The number of ether oxygens (including phenoxy) is 1. The summed E-state index contributed by atoms with van der Waals surface area (Å²) in [7, 11) is 0. The molecule has 0 bridgehead atoms. The molecule has 3 heterocycles. The number of benzene rings is 1. The molecule has 2 amide bonds. The molecule has 2 aromatic rings. The van der Waals surface area contributed by atoms with Gasteiger partial charge >= 0.3 is 0 Å². The molecule has 2 N–H and O–H groups in total. The highest BCUT2D eigenvalue weighted by molar-refractivity contribution is 8.01. The second-order valence-corrected chi connectivity index (χ2v) is 8.17. The average Bonchev–Trinajstić information content (AvgIpc) is 2.70. The molecule has 0 spiro atoms. The molecule has 1 fully saturated rings. The van der Waals surface area contributed by atoms with Gasteiger partial charge in [-0.05, 0) is 30.3 Å². The minimum atomic E-state index is -0.499. The van der Waals surface area contributed by atoms with Crippen molar-refractivity contribution in [2.45, 2.75) is 16.6 Å². The predicted octanol–water partition coefficient (Wildman–Crippen LogP) is 3.01. The maximum Gasteiger partial charge on any atom is 0.238 e. The van der Waals surface area contributed by atoms with Crippen LogP contribution in [0.2, 0.25) is 5.02 Å². The maximum absolute atomic E-state index is 12.4. The number of anilines is 3. The molecule has 0 saturated carbocycles. The van der Waals surface area contributed by atoms with Crippen LogP contribution in [0.3, 0.4) is 0 Å². The molecule has 7 nitrogen and oxygen atoms in total. The summed E-state index contributed by atoms with van der Waals surface area (Å²) < 4.78 is 5.35. The first-order valence-corrected chi connectivity index (χ1v) is 10.2. The zero-order valence-electron chi connectivity index (χ0n) is 15.0. The first-order valence-electron chi connectivity index (χ1n) is 8.94. The molecular weight excluding hydrogens is 400 g/mol. The number of fused-ring (bicyclic) bond motifs is 1. The Kier molecular flexibility index (Phi) is 5.70. The number of carbonyl (C=O) groups excluding carboxylic acids is 2. The van der Waals surface area contributed by atoms with Crippen molar-refractivity contribution in [2.24, 2.45) is 0 Å². The van der Waals surface area contributed by atoms with E-state index in [1.165, 1.54) is 11.8 Å². The SMILES string of the molecule is O=C(C[C@H]1Sc2ccc(Cl)cc2NC1=O)Nc1ccc(N2CCOCC2)cn1. The third kappa shape index (κ3) is 4.40. The van der Waals surface area contributed by atoms with E-state index in [4.69, 9.17) is 16.3 Å². The summed E-state index contributed by atoms with van der Waals surface area (Å²) in [6, 6.07) is 9.02. The van der Waals surface area contributed by atoms with Crippen molar-refractivity contribution in [2.75, 3.05) is 41.8 Å². The standard InChI is InChI=1S/C19H19ClN4O3S/c20-12-1-3-15-14(9-12)22-19(26)16(28-15)10-18(25)23-17-4-2-13(11-21-17)24-5-7-27-8-6-24/h1-4,9,11,16H,5-8,10H2,(H,22,26)(H,21,23,25)/t16-/m1/s1. The number of morpholine rings is 1. The van der Waals surface area contributed by atoms with Crippen LogP contribution in [0.1, 0.15) is 6.42 Å². The van der Waals surface area contributed by atoms with Gasteiger partial charge in [0.2, 0.25) is 11.8 Å². The van der Waals surface area contributed by atoms with Gasteiger partial charge in [0.15, 0.2) is 0 Å². The van der Waals surface area contributed by atoms with Crippen LogP contribution in [0.15, 0.2) is 41.4 Å². The zero-order valence-corrected chi connectivity index (χ0v) is 16.6. The number of nitrogens with one attached hydrogen (secondary N) is 2. The van der Waals surface area contributed by atoms with Gasteiger partial charge in [0.05, 0.1) is 36.0 Å².